The molecule has 1 aliphatic rings. The molecular formula is C18H21N3O3. The quantitative estimate of drug-likeness (QED) is 0.638. The number of nitriles is 1. The van der Waals surface area contributed by atoms with E-state index < -0.39 is 17.9 Å². The van der Waals surface area contributed by atoms with E-state index in [1.54, 1.807) is 13.8 Å². The van der Waals surface area contributed by atoms with Crippen LogP contribution in [0, 0.1) is 17.2 Å². The van der Waals surface area contributed by atoms with Crippen LogP contribution in [0.3, 0.4) is 0 Å². The van der Waals surface area contributed by atoms with Crippen LogP contribution in [-0.4, -0.2) is 29.6 Å². The fourth-order valence-corrected chi connectivity index (χ4v) is 2.72. The average molecular weight is 327 g/mol. The van der Waals surface area contributed by atoms with Crippen molar-refractivity contribution in [1.29, 1.82) is 5.26 Å². The number of para-hydroxylation sites is 1. The van der Waals surface area contributed by atoms with Crippen LogP contribution < -0.4 is 10.2 Å². The Hall–Kier alpha value is -2.81. The Morgan fingerprint density at radius 3 is 2.71 bits per heavy atom. The Labute approximate surface area is 141 Å². The first kappa shape index (κ1) is 17.5. The first-order valence-corrected chi connectivity index (χ1v) is 7.94. The summed E-state index contributed by atoms with van der Waals surface area (Å²) in [5.74, 6) is -2.05. The van der Waals surface area contributed by atoms with Crippen LogP contribution in [0.5, 0.6) is 0 Å². The Balaban J connectivity index is 2.23. The third-order valence-corrected chi connectivity index (χ3v) is 4.02. The molecule has 1 amide bonds. The van der Waals surface area contributed by atoms with Gasteiger partial charge in [0.25, 0.3) is 5.91 Å². The molecule has 2 N–H and O–H groups in total. The molecule has 0 saturated heterocycles. The monoisotopic (exact) mass is 327 g/mol. The second-order valence-corrected chi connectivity index (χ2v) is 6.11. The van der Waals surface area contributed by atoms with Gasteiger partial charge in [-0.1, -0.05) is 32.0 Å². The van der Waals surface area contributed by atoms with Crippen LogP contribution in [0.1, 0.15) is 25.8 Å². The highest BCUT2D eigenvalue weighted by atomic mass is 16.4. The van der Waals surface area contributed by atoms with E-state index in [0.29, 0.717) is 6.54 Å². The van der Waals surface area contributed by atoms with Crippen LogP contribution >= 0.6 is 0 Å². The Morgan fingerprint density at radius 2 is 2.08 bits per heavy atom. The van der Waals surface area contributed by atoms with E-state index >= 15 is 0 Å². The van der Waals surface area contributed by atoms with Crippen molar-refractivity contribution in [2.75, 3.05) is 11.4 Å². The molecule has 1 aliphatic heterocycles. The van der Waals surface area contributed by atoms with Gasteiger partial charge in [0.05, 0.1) is 0 Å². The molecule has 0 aliphatic carbocycles. The Kier molecular flexibility index (Phi) is 5.59. The van der Waals surface area contributed by atoms with Crippen molar-refractivity contribution in [2.24, 2.45) is 5.92 Å². The lowest BCUT2D eigenvalue weighted by Crippen LogP contribution is -2.45. The topological polar surface area (TPSA) is 93.4 Å². The molecule has 0 aromatic heterocycles. The fraction of sp³-hybridized carbons (Fsp3) is 0.389. The third kappa shape index (κ3) is 3.93. The maximum absolute atomic E-state index is 12.3. The summed E-state index contributed by atoms with van der Waals surface area (Å²) in [5.41, 5.74) is 2.05. The summed E-state index contributed by atoms with van der Waals surface area (Å²) in [6.45, 7) is 4.12. The molecule has 24 heavy (non-hydrogen) atoms. The van der Waals surface area contributed by atoms with Gasteiger partial charge in [0.2, 0.25) is 0 Å². The van der Waals surface area contributed by atoms with Gasteiger partial charge < -0.3 is 15.3 Å². The van der Waals surface area contributed by atoms with Gasteiger partial charge in [-0.2, -0.15) is 5.26 Å². The standard InChI is InChI=1S/C18H21N3O3/c1-12(2)16(18(23)24)20-17(22)14(10-19)11-21-9-5-7-13-6-3-4-8-15(13)21/h3-4,6,8,11-12,16H,5,7,9H2,1-2H3,(H,20,22)(H,23,24)/b14-11-. The smallest absolute Gasteiger partial charge is 0.326 e. The summed E-state index contributed by atoms with van der Waals surface area (Å²) in [4.78, 5) is 25.4. The lowest BCUT2D eigenvalue weighted by molar-refractivity contribution is -0.142. The maximum Gasteiger partial charge on any atom is 0.326 e. The van der Waals surface area contributed by atoms with Crippen LogP contribution in [0.4, 0.5) is 5.69 Å². The lowest BCUT2D eigenvalue weighted by atomic mass is 10.0. The predicted molar refractivity (Wildman–Crippen MR) is 90.2 cm³/mol. The van der Waals surface area contributed by atoms with Crippen molar-refractivity contribution in [1.82, 2.24) is 5.32 Å². The molecule has 1 aromatic carbocycles. The maximum atomic E-state index is 12.3. The molecule has 2 rings (SSSR count). The number of rotatable bonds is 5. The van der Waals surface area contributed by atoms with Crippen LogP contribution in [0.25, 0.3) is 0 Å². The van der Waals surface area contributed by atoms with Crippen LogP contribution in [0.2, 0.25) is 0 Å². The summed E-state index contributed by atoms with van der Waals surface area (Å²) in [6.07, 6.45) is 3.40. The second-order valence-electron chi connectivity index (χ2n) is 6.11. The number of nitrogens with one attached hydrogen (secondary N) is 1. The molecule has 0 bridgehead atoms. The molecular weight excluding hydrogens is 306 g/mol. The molecule has 0 radical (unpaired) electrons. The first-order valence-electron chi connectivity index (χ1n) is 7.94. The Morgan fingerprint density at radius 1 is 1.38 bits per heavy atom. The molecule has 126 valence electrons. The number of fused-ring (bicyclic) bond motifs is 1. The second kappa shape index (κ2) is 7.64. The number of aryl methyl sites for hydroxylation is 1. The molecule has 1 aromatic rings. The van der Waals surface area contributed by atoms with Gasteiger partial charge in [0.1, 0.15) is 17.7 Å². The molecule has 0 saturated carbocycles. The summed E-state index contributed by atoms with van der Waals surface area (Å²) < 4.78 is 0. The number of benzene rings is 1. The fourth-order valence-electron chi connectivity index (χ4n) is 2.72. The zero-order chi connectivity index (χ0) is 17.7. The number of carboxylic acid groups (broad SMARTS) is 1. The number of carboxylic acids is 1. The summed E-state index contributed by atoms with van der Waals surface area (Å²) in [7, 11) is 0. The summed E-state index contributed by atoms with van der Waals surface area (Å²) in [5, 5.41) is 20.9. The van der Waals surface area contributed by atoms with Gasteiger partial charge in [-0.3, -0.25) is 4.79 Å². The highest BCUT2D eigenvalue weighted by molar-refractivity contribution is 5.99. The van der Waals surface area contributed by atoms with Gasteiger partial charge in [-0.05, 0) is 30.4 Å². The van der Waals surface area contributed by atoms with Crippen LogP contribution in [-0.2, 0) is 16.0 Å². The number of aliphatic carboxylic acids is 1. The molecule has 6 nitrogen and oxygen atoms in total. The van der Waals surface area contributed by atoms with Crippen LogP contribution in [0.15, 0.2) is 36.0 Å². The van der Waals surface area contributed by atoms with E-state index in [2.05, 4.69) is 5.32 Å². The number of anilines is 1. The van der Waals surface area contributed by atoms with E-state index in [-0.39, 0.29) is 11.5 Å². The number of nitrogens with zero attached hydrogens (tertiary/aromatic N) is 2. The molecule has 1 atom stereocenters. The summed E-state index contributed by atoms with van der Waals surface area (Å²) >= 11 is 0. The number of hydrogen-bond acceptors (Lipinski definition) is 4. The normalized spacial score (nSPS) is 15.4. The zero-order valence-corrected chi connectivity index (χ0v) is 13.8. The number of amides is 1. The van der Waals surface area contributed by atoms with Gasteiger partial charge in [0, 0.05) is 18.4 Å². The lowest BCUT2D eigenvalue weighted by Gasteiger charge is -2.28. The van der Waals surface area contributed by atoms with E-state index in [4.69, 9.17) is 0 Å². The molecule has 0 fully saturated rings. The molecule has 0 spiro atoms. The predicted octanol–water partition coefficient (Wildman–Crippen LogP) is 2.07. The van der Waals surface area contributed by atoms with Crippen molar-refractivity contribution >= 4 is 17.6 Å². The first-order chi connectivity index (χ1) is 11.4. The minimum atomic E-state index is -1.11. The Bertz CT molecular complexity index is 704. The highest BCUT2D eigenvalue weighted by Gasteiger charge is 2.25. The van der Waals surface area contributed by atoms with Gasteiger partial charge >= 0.3 is 5.97 Å². The highest BCUT2D eigenvalue weighted by Crippen LogP contribution is 2.27. The SMILES string of the molecule is CC(C)C(NC(=O)/C(C#N)=C\N1CCCc2ccccc21)C(=O)O. The zero-order valence-electron chi connectivity index (χ0n) is 13.8. The van der Waals surface area contributed by atoms with E-state index in [1.165, 1.54) is 11.8 Å². The van der Waals surface area contributed by atoms with Crippen molar-refractivity contribution in [3.63, 3.8) is 0 Å². The van der Waals surface area contributed by atoms with Crippen molar-refractivity contribution in [2.45, 2.75) is 32.7 Å². The van der Waals surface area contributed by atoms with Crippen molar-refractivity contribution in [3.8, 4) is 6.07 Å². The van der Waals surface area contributed by atoms with Gasteiger partial charge in [-0.25, -0.2) is 4.79 Å². The molecule has 6 heteroatoms. The summed E-state index contributed by atoms with van der Waals surface area (Å²) in [6, 6.07) is 8.71. The molecule has 1 unspecified atom stereocenters. The van der Waals surface area contributed by atoms with E-state index in [9.17, 15) is 20.0 Å². The largest absolute Gasteiger partial charge is 0.480 e. The third-order valence-electron chi connectivity index (χ3n) is 4.02. The number of carbonyl (C=O) groups is 2. The van der Waals surface area contributed by atoms with E-state index in [0.717, 1.165) is 18.5 Å². The van der Waals surface area contributed by atoms with Gasteiger partial charge in [0.15, 0.2) is 0 Å². The molecule has 1 heterocycles. The minimum absolute atomic E-state index is 0.0985. The van der Waals surface area contributed by atoms with E-state index in [1.807, 2.05) is 35.2 Å². The van der Waals surface area contributed by atoms with Gasteiger partial charge in [-0.15, -0.1) is 0 Å². The average Bonchev–Trinajstić information content (AvgIpc) is 2.56. The number of carbonyl (C=O) groups excluding carboxylic acids is 1. The minimum Gasteiger partial charge on any atom is -0.480 e. The van der Waals surface area contributed by atoms with Crippen molar-refractivity contribution in [3.05, 3.63) is 41.6 Å². The van der Waals surface area contributed by atoms with Crippen molar-refractivity contribution < 1.29 is 14.7 Å². The number of hydrogen-bond donors (Lipinski definition) is 2.